The minimum atomic E-state index is -4.43. The first-order valence-electron chi connectivity index (χ1n) is 9.81. The summed E-state index contributed by atoms with van der Waals surface area (Å²) in [4.78, 5) is 27.0. The number of amides is 2. The molecule has 33 heavy (non-hydrogen) atoms. The Hall–Kier alpha value is -3.49. The van der Waals surface area contributed by atoms with E-state index in [2.05, 4.69) is 6.58 Å². The van der Waals surface area contributed by atoms with Crippen molar-refractivity contribution in [1.29, 1.82) is 0 Å². The van der Waals surface area contributed by atoms with Gasteiger partial charge in [-0.25, -0.2) is 22.0 Å². The van der Waals surface area contributed by atoms with Gasteiger partial charge in [0.25, 0.3) is 21.8 Å². The van der Waals surface area contributed by atoms with E-state index in [-0.39, 0.29) is 26.7 Å². The van der Waals surface area contributed by atoms with Crippen molar-refractivity contribution >= 4 is 39.1 Å². The zero-order valence-electron chi connectivity index (χ0n) is 17.4. The monoisotopic (exact) mass is 484 g/mol. The SMILES string of the molecule is C=C(Cl)C(N1C(=O)c2ccccc2C1=O)N(c1cccc(F)c1)S(=O)(=O)c1ccc(C)cc1. The van der Waals surface area contributed by atoms with Crippen molar-refractivity contribution in [3.05, 3.63) is 107 Å². The van der Waals surface area contributed by atoms with Crippen molar-refractivity contribution in [2.75, 3.05) is 4.31 Å². The highest BCUT2D eigenvalue weighted by molar-refractivity contribution is 7.92. The van der Waals surface area contributed by atoms with Crippen molar-refractivity contribution in [1.82, 2.24) is 4.90 Å². The number of benzene rings is 3. The normalized spacial score (nSPS) is 14.2. The van der Waals surface area contributed by atoms with E-state index >= 15 is 0 Å². The molecule has 0 fully saturated rings. The predicted octanol–water partition coefficient (Wildman–Crippen LogP) is 4.70. The fraction of sp³-hybridized carbons (Fsp3) is 0.0833. The van der Waals surface area contributed by atoms with Crippen LogP contribution in [0.5, 0.6) is 0 Å². The minimum absolute atomic E-state index is 0.109. The van der Waals surface area contributed by atoms with E-state index in [4.69, 9.17) is 11.6 Å². The van der Waals surface area contributed by atoms with Gasteiger partial charge in [0.1, 0.15) is 5.82 Å². The molecule has 0 aliphatic carbocycles. The van der Waals surface area contributed by atoms with Gasteiger partial charge in [-0.15, -0.1) is 0 Å². The van der Waals surface area contributed by atoms with Gasteiger partial charge in [0, 0.05) is 0 Å². The van der Waals surface area contributed by atoms with Crippen molar-refractivity contribution < 1.29 is 22.4 Å². The maximum atomic E-state index is 14.2. The first kappa shape index (κ1) is 22.7. The van der Waals surface area contributed by atoms with Crippen molar-refractivity contribution in [3.63, 3.8) is 0 Å². The van der Waals surface area contributed by atoms with Crippen LogP contribution in [0.3, 0.4) is 0 Å². The third kappa shape index (κ3) is 3.92. The van der Waals surface area contributed by atoms with Crippen LogP contribution < -0.4 is 4.31 Å². The number of imide groups is 1. The number of anilines is 1. The molecule has 0 spiro atoms. The summed E-state index contributed by atoms with van der Waals surface area (Å²) in [6.07, 6.45) is -1.65. The summed E-state index contributed by atoms with van der Waals surface area (Å²) in [5.74, 6) is -2.18. The molecule has 4 rings (SSSR count). The van der Waals surface area contributed by atoms with Gasteiger partial charge in [-0.2, -0.15) is 0 Å². The number of halogens is 2. The number of sulfonamides is 1. The van der Waals surface area contributed by atoms with Crippen LogP contribution in [0.4, 0.5) is 10.1 Å². The molecule has 9 heteroatoms. The summed E-state index contributed by atoms with van der Waals surface area (Å²) in [5, 5.41) is -0.315. The van der Waals surface area contributed by atoms with Gasteiger partial charge >= 0.3 is 0 Å². The highest BCUT2D eigenvalue weighted by Gasteiger charge is 2.46. The van der Waals surface area contributed by atoms with Crippen molar-refractivity contribution in [2.45, 2.75) is 18.0 Å². The van der Waals surface area contributed by atoms with Gasteiger partial charge in [-0.3, -0.25) is 9.59 Å². The lowest BCUT2D eigenvalue weighted by Gasteiger charge is -2.36. The zero-order valence-corrected chi connectivity index (χ0v) is 19.0. The van der Waals surface area contributed by atoms with Crippen molar-refractivity contribution in [2.24, 2.45) is 0 Å². The second kappa shape index (κ2) is 8.46. The molecule has 1 aliphatic rings. The van der Waals surface area contributed by atoms with Gasteiger partial charge in [0.05, 0.1) is 26.7 Å². The molecule has 3 aromatic carbocycles. The molecule has 168 valence electrons. The van der Waals surface area contributed by atoms with Crippen LogP contribution in [-0.4, -0.2) is 31.3 Å². The van der Waals surface area contributed by atoms with Crippen LogP contribution in [0.25, 0.3) is 0 Å². The molecule has 0 radical (unpaired) electrons. The van der Waals surface area contributed by atoms with Crippen LogP contribution >= 0.6 is 11.6 Å². The topological polar surface area (TPSA) is 74.8 Å². The standard InChI is InChI=1S/C24H18ClFN2O4S/c1-15-10-12-19(13-11-15)33(31,32)28(18-7-5-6-17(26)14-18)22(16(2)25)27-23(29)20-8-3-4-9-21(20)24(27)30/h3-14,22H,2H2,1H3. The molecule has 0 saturated heterocycles. The molecule has 1 heterocycles. The quantitative estimate of drug-likeness (QED) is 0.475. The van der Waals surface area contributed by atoms with E-state index in [0.29, 0.717) is 0 Å². The maximum absolute atomic E-state index is 14.2. The number of hydrogen-bond donors (Lipinski definition) is 0. The third-order valence-electron chi connectivity index (χ3n) is 5.21. The van der Waals surface area contributed by atoms with Crippen LogP contribution in [0, 0.1) is 12.7 Å². The fourth-order valence-electron chi connectivity index (χ4n) is 3.65. The summed E-state index contributed by atoms with van der Waals surface area (Å²) in [6.45, 7) is 5.44. The fourth-order valence-corrected chi connectivity index (χ4v) is 5.49. The molecule has 3 aromatic rings. The molecule has 0 aromatic heterocycles. The average molecular weight is 485 g/mol. The average Bonchev–Trinajstić information content (AvgIpc) is 3.02. The lowest BCUT2D eigenvalue weighted by atomic mass is 10.1. The highest BCUT2D eigenvalue weighted by Crippen LogP contribution is 2.35. The second-order valence-corrected chi connectivity index (χ2v) is 9.74. The summed E-state index contributed by atoms with van der Waals surface area (Å²) in [5.41, 5.74) is 0.915. The molecule has 1 atom stereocenters. The van der Waals surface area contributed by atoms with Crippen LogP contribution in [0.2, 0.25) is 0 Å². The first-order chi connectivity index (χ1) is 15.6. The van der Waals surface area contributed by atoms with Gasteiger partial charge < -0.3 is 0 Å². The molecule has 2 amide bonds. The van der Waals surface area contributed by atoms with Crippen LogP contribution in [-0.2, 0) is 10.0 Å². The number of carbonyl (C=O) groups excluding carboxylic acids is 2. The molecule has 0 saturated carbocycles. The van der Waals surface area contributed by atoms with Crippen LogP contribution in [0.15, 0.2) is 89.3 Å². The predicted molar refractivity (Wildman–Crippen MR) is 123 cm³/mol. The zero-order chi connectivity index (χ0) is 23.9. The Morgan fingerprint density at radius 3 is 2.06 bits per heavy atom. The number of fused-ring (bicyclic) bond motifs is 1. The molecule has 1 unspecified atom stereocenters. The Kier molecular flexibility index (Phi) is 5.82. The van der Waals surface area contributed by atoms with Crippen molar-refractivity contribution in [3.8, 4) is 0 Å². The second-order valence-electron chi connectivity index (χ2n) is 7.44. The summed E-state index contributed by atoms with van der Waals surface area (Å²) < 4.78 is 42.5. The number of carbonyl (C=O) groups is 2. The minimum Gasteiger partial charge on any atom is -0.268 e. The first-order valence-corrected chi connectivity index (χ1v) is 11.6. The van der Waals surface area contributed by atoms with Gasteiger partial charge in [0.15, 0.2) is 6.17 Å². The Morgan fingerprint density at radius 2 is 1.55 bits per heavy atom. The number of hydrogen-bond acceptors (Lipinski definition) is 4. The molecule has 0 bridgehead atoms. The third-order valence-corrected chi connectivity index (χ3v) is 7.20. The molecule has 1 aliphatic heterocycles. The molecule has 6 nitrogen and oxygen atoms in total. The largest absolute Gasteiger partial charge is 0.268 e. The van der Waals surface area contributed by atoms with E-state index in [1.165, 1.54) is 36.4 Å². The molecular formula is C24H18ClFN2O4S. The summed E-state index contributed by atoms with van der Waals surface area (Å²) in [6, 6.07) is 16.9. The molecular weight excluding hydrogens is 467 g/mol. The van der Waals surface area contributed by atoms with E-state index < -0.39 is 33.8 Å². The maximum Gasteiger partial charge on any atom is 0.266 e. The van der Waals surface area contributed by atoms with E-state index in [1.807, 2.05) is 0 Å². The Morgan fingerprint density at radius 1 is 0.970 bits per heavy atom. The number of rotatable bonds is 6. The number of aryl methyl sites for hydroxylation is 1. The summed E-state index contributed by atoms with van der Waals surface area (Å²) in [7, 11) is -4.43. The van der Waals surface area contributed by atoms with E-state index in [1.54, 1.807) is 31.2 Å². The van der Waals surface area contributed by atoms with Gasteiger partial charge in [-0.05, 0) is 49.4 Å². The van der Waals surface area contributed by atoms with E-state index in [0.717, 1.165) is 26.9 Å². The number of nitrogens with zero attached hydrogens (tertiary/aromatic N) is 2. The lowest BCUT2D eigenvalue weighted by molar-refractivity contribution is 0.0619. The Labute approximate surface area is 195 Å². The highest BCUT2D eigenvalue weighted by atomic mass is 35.5. The Balaban J connectivity index is 1.94. The van der Waals surface area contributed by atoms with Gasteiger partial charge in [-0.1, -0.05) is 54.1 Å². The van der Waals surface area contributed by atoms with Gasteiger partial charge in [0.2, 0.25) is 0 Å². The van der Waals surface area contributed by atoms with E-state index in [9.17, 15) is 22.4 Å². The molecule has 0 N–H and O–H groups in total. The summed E-state index contributed by atoms with van der Waals surface area (Å²) >= 11 is 6.26. The Bertz CT molecular complexity index is 1350. The lowest BCUT2D eigenvalue weighted by Crippen LogP contribution is -2.53. The smallest absolute Gasteiger partial charge is 0.266 e. The van der Waals surface area contributed by atoms with Crippen LogP contribution in [0.1, 0.15) is 26.3 Å².